The highest BCUT2D eigenvalue weighted by molar-refractivity contribution is 9.08. The third kappa shape index (κ3) is 3.31. The van der Waals surface area contributed by atoms with Crippen LogP contribution < -0.4 is 4.90 Å². The summed E-state index contributed by atoms with van der Waals surface area (Å²) in [6.07, 6.45) is 0. The summed E-state index contributed by atoms with van der Waals surface area (Å²) < 4.78 is 5.03. The van der Waals surface area contributed by atoms with Gasteiger partial charge in [0, 0.05) is 31.7 Å². The molecule has 0 N–H and O–H groups in total. The van der Waals surface area contributed by atoms with Gasteiger partial charge in [-0.25, -0.2) is 0 Å². The van der Waals surface area contributed by atoms with E-state index in [4.69, 9.17) is 4.74 Å². The molecule has 0 saturated heterocycles. The lowest BCUT2D eigenvalue weighted by atomic mass is 10.2. The average Bonchev–Trinajstić information content (AvgIpc) is 2.26. The molecule has 0 aliphatic rings. The first-order chi connectivity index (χ1) is 6.77. The van der Waals surface area contributed by atoms with Crippen molar-refractivity contribution < 1.29 is 4.74 Å². The summed E-state index contributed by atoms with van der Waals surface area (Å²) in [5.41, 5.74) is 2.53. The number of methoxy groups -OCH3 is 1. The van der Waals surface area contributed by atoms with E-state index in [-0.39, 0.29) is 0 Å². The molecule has 0 aliphatic heterocycles. The number of likely N-dealkylation sites (N-methyl/N-ethyl adjacent to an activating group) is 1. The van der Waals surface area contributed by atoms with Crippen molar-refractivity contribution in [2.24, 2.45) is 0 Å². The van der Waals surface area contributed by atoms with Crippen molar-refractivity contribution in [3.8, 4) is 0 Å². The standard InChI is InChI=1S/C11H16BrNO/c1-13(7-8-14-2)11-5-3-10(9-12)4-6-11/h3-6H,7-9H2,1-2H3. The minimum atomic E-state index is 0.761. The fourth-order valence-corrected chi connectivity index (χ4v) is 1.57. The van der Waals surface area contributed by atoms with Crippen LogP contribution in [-0.2, 0) is 10.1 Å². The predicted octanol–water partition coefficient (Wildman–Crippen LogP) is 2.66. The van der Waals surface area contributed by atoms with Crippen molar-refractivity contribution >= 4 is 21.6 Å². The van der Waals surface area contributed by atoms with Crippen LogP contribution in [0.2, 0.25) is 0 Å². The zero-order valence-corrected chi connectivity index (χ0v) is 10.3. The molecule has 2 nitrogen and oxygen atoms in total. The molecule has 0 atom stereocenters. The van der Waals surface area contributed by atoms with Crippen LogP contribution in [0.4, 0.5) is 5.69 Å². The summed E-state index contributed by atoms with van der Waals surface area (Å²) in [5.74, 6) is 0. The summed E-state index contributed by atoms with van der Waals surface area (Å²) >= 11 is 3.43. The Morgan fingerprint density at radius 3 is 2.43 bits per heavy atom. The highest BCUT2D eigenvalue weighted by Gasteiger charge is 1.99. The fraction of sp³-hybridized carbons (Fsp3) is 0.455. The molecule has 1 aromatic rings. The third-order valence-corrected chi connectivity index (χ3v) is 2.81. The molecule has 0 bridgehead atoms. The van der Waals surface area contributed by atoms with Gasteiger partial charge in [-0.1, -0.05) is 28.1 Å². The third-order valence-electron chi connectivity index (χ3n) is 2.16. The van der Waals surface area contributed by atoms with E-state index in [0.717, 1.165) is 18.5 Å². The number of nitrogens with zero attached hydrogens (tertiary/aromatic N) is 1. The van der Waals surface area contributed by atoms with Gasteiger partial charge in [0.2, 0.25) is 0 Å². The van der Waals surface area contributed by atoms with Gasteiger partial charge in [-0.3, -0.25) is 0 Å². The zero-order valence-electron chi connectivity index (χ0n) is 8.66. The number of alkyl halides is 1. The monoisotopic (exact) mass is 257 g/mol. The smallest absolute Gasteiger partial charge is 0.0637 e. The van der Waals surface area contributed by atoms with E-state index in [2.05, 4.69) is 52.1 Å². The molecule has 1 rings (SSSR count). The van der Waals surface area contributed by atoms with E-state index < -0.39 is 0 Å². The van der Waals surface area contributed by atoms with Crippen molar-refractivity contribution in [1.29, 1.82) is 0 Å². The van der Waals surface area contributed by atoms with E-state index in [1.165, 1.54) is 11.3 Å². The van der Waals surface area contributed by atoms with Gasteiger partial charge in [-0.2, -0.15) is 0 Å². The number of benzene rings is 1. The van der Waals surface area contributed by atoms with Crippen LogP contribution in [0.15, 0.2) is 24.3 Å². The van der Waals surface area contributed by atoms with Crippen LogP contribution in [-0.4, -0.2) is 27.3 Å². The summed E-state index contributed by atoms with van der Waals surface area (Å²) in [6.45, 7) is 1.68. The molecule has 0 spiro atoms. The molecule has 0 amide bonds. The lowest BCUT2D eigenvalue weighted by Gasteiger charge is -2.18. The second-order valence-corrected chi connectivity index (χ2v) is 3.78. The van der Waals surface area contributed by atoms with Crippen LogP contribution in [0.3, 0.4) is 0 Å². The Bertz CT molecular complexity index is 260. The molecule has 0 heterocycles. The van der Waals surface area contributed by atoms with Gasteiger partial charge in [0.25, 0.3) is 0 Å². The Morgan fingerprint density at radius 1 is 1.29 bits per heavy atom. The number of rotatable bonds is 5. The molecule has 78 valence electrons. The molecule has 0 aromatic heterocycles. The van der Waals surface area contributed by atoms with E-state index in [0.29, 0.717) is 0 Å². The second-order valence-electron chi connectivity index (χ2n) is 3.21. The number of anilines is 1. The van der Waals surface area contributed by atoms with E-state index >= 15 is 0 Å². The highest BCUT2D eigenvalue weighted by atomic mass is 79.9. The molecule has 0 radical (unpaired) electrons. The first kappa shape index (κ1) is 11.5. The average molecular weight is 258 g/mol. The van der Waals surface area contributed by atoms with Crippen LogP contribution in [0.1, 0.15) is 5.56 Å². The van der Waals surface area contributed by atoms with Crippen LogP contribution >= 0.6 is 15.9 Å². The molecule has 14 heavy (non-hydrogen) atoms. The lowest BCUT2D eigenvalue weighted by Crippen LogP contribution is -2.21. The molecule has 3 heteroatoms. The van der Waals surface area contributed by atoms with Gasteiger partial charge in [0.15, 0.2) is 0 Å². The van der Waals surface area contributed by atoms with Crippen molar-refractivity contribution in [1.82, 2.24) is 0 Å². The van der Waals surface area contributed by atoms with Gasteiger partial charge in [0.05, 0.1) is 6.61 Å². The zero-order chi connectivity index (χ0) is 10.4. The number of hydrogen-bond acceptors (Lipinski definition) is 2. The first-order valence-corrected chi connectivity index (χ1v) is 5.75. The molecule has 0 saturated carbocycles. The number of ether oxygens (including phenoxy) is 1. The minimum Gasteiger partial charge on any atom is -0.383 e. The van der Waals surface area contributed by atoms with Gasteiger partial charge in [0.1, 0.15) is 0 Å². The van der Waals surface area contributed by atoms with E-state index in [1.54, 1.807) is 7.11 Å². The first-order valence-electron chi connectivity index (χ1n) is 4.63. The maximum atomic E-state index is 5.03. The van der Waals surface area contributed by atoms with E-state index in [9.17, 15) is 0 Å². The van der Waals surface area contributed by atoms with Crippen LogP contribution in [0, 0.1) is 0 Å². The minimum absolute atomic E-state index is 0.761. The summed E-state index contributed by atoms with van der Waals surface area (Å²) in [7, 11) is 3.80. The molecular weight excluding hydrogens is 242 g/mol. The summed E-state index contributed by atoms with van der Waals surface area (Å²) in [5, 5.41) is 0.912. The second kappa shape index (κ2) is 6.04. The van der Waals surface area contributed by atoms with Gasteiger partial charge in [-0.05, 0) is 17.7 Å². The largest absolute Gasteiger partial charge is 0.383 e. The Labute approximate surface area is 94.0 Å². The normalized spacial score (nSPS) is 10.2. The van der Waals surface area contributed by atoms with Crippen molar-refractivity contribution in [2.75, 3.05) is 32.2 Å². The summed E-state index contributed by atoms with van der Waals surface area (Å²) in [4.78, 5) is 2.18. The number of hydrogen-bond donors (Lipinski definition) is 0. The van der Waals surface area contributed by atoms with Gasteiger partial charge in [-0.15, -0.1) is 0 Å². The van der Waals surface area contributed by atoms with E-state index in [1.807, 2.05) is 0 Å². The molecular formula is C11H16BrNO. The Morgan fingerprint density at radius 2 is 1.93 bits per heavy atom. The van der Waals surface area contributed by atoms with Gasteiger partial charge < -0.3 is 9.64 Å². The SMILES string of the molecule is COCCN(C)c1ccc(CBr)cc1. The highest BCUT2D eigenvalue weighted by Crippen LogP contribution is 2.14. The Kier molecular flexibility index (Phi) is 4.98. The maximum Gasteiger partial charge on any atom is 0.0637 e. The maximum absolute atomic E-state index is 5.03. The van der Waals surface area contributed by atoms with Crippen LogP contribution in [0.25, 0.3) is 0 Å². The molecule has 1 aromatic carbocycles. The van der Waals surface area contributed by atoms with Gasteiger partial charge >= 0.3 is 0 Å². The van der Waals surface area contributed by atoms with Crippen molar-refractivity contribution in [3.63, 3.8) is 0 Å². The lowest BCUT2D eigenvalue weighted by molar-refractivity contribution is 0.206. The Hall–Kier alpha value is -0.540. The quantitative estimate of drug-likeness (QED) is 0.753. The van der Waals surface area contributed by atoms with Crippen molar-refractivity contribution in [2.45, 2.75) is 5.33 Å². The predicted molar refractivity (Wildman–Crippen MR) is 64.2 cm³/mol. The fourth-order valence-electron chi connectivity index (χ4n) is 1.20. The number of halogens is 1. The van der Waals surface area contributed by atoms with Crippen LogP contribution in [0.5, 0.6) is 0 Å². The molecule has 0 unspecified atom stereocenters. The van der Waals surface area contributed by atoms with Crippen molar-refractivity contribution in [3.05, 3.63) is 29.8 Å². The molecule has 0 fully saturated rings. The summed E-state index contributed by atoms with van der Waals surface area (Å²) in [6, 6.07) is 8.53. The Balaban J connectivity index is 2.57. The molecule has 0 aliphatic carbocycles. The topological polar surface area (TPSA) is 12.5 Å².